The lowest BCUT2D eigenvalue weighted by Gasteiger charge is -2.19. The normalized spacial score (nSPS) is 12.2. The zero-order chi connectivity index (χ0) is 12.4. The van der Waals surface area contributed by atoms with Crippen molar-refractivity contribution >= 4 is 5.91 Å². The third kappa shape index (κ3) is 5.72. The van der Waals surface area contributed by atoms with Gasteiger partial charge in [-0.15, -0.1) is 0 Å². The third-order valence-corrected chi connectivity index (χ3v) is 2.59. The van der Waals surface area contributed by atoms with Crippen molar-refractivity contribution in [1.82, 2.24) is 10.2 Å². The summed E-state index contributed by atoms with van der Waals surface area (Å²) in [5, 5.41) is 11.5. The lowest BCUT2D eigenvalue weighted by Crippen LogP contribution is -2.37. The van der Waals surface area contributed by atoms with Crippen LogP contribution in [0.2, 0.25) is 0 Å². The van der Waals surface area contributed by atoms with Crippen LogP contribution in [0.15, 0.2) is 0 Å². The number of carbonyl (C=O) groups is 1. The van der Waals surface area contributed by atoms with E-state index in [1.54, 1.807) is 0 Å². The molecule has 0 fully saturated rings. The summed E-state index contributed by atoms with van der Waals surface area (Å²) >= 11 is 0. The molecule has 1 unspecified atom stereocenters. The second kappa shape index (κ2) is 9.17. The molecular formula is C12H23N3O. The molecule has 1 N–H and O–H groups in total. The number of nitrogens with zero attached hydrogens (tertiary/aromatic N) is 2. The molecule has 0 radical (unpaired) electrons. The van der Waals surface area contributed by atoms with Crippen molar-refractivity contribution in [2.75, 3.05) is 26.2 Å². The standard InChI is InChI=1S/C12H23N3O/c1-4-8-15(6-3)9-7-14-12(16)11(5-2)10-13/h11H,4-9H2,1-3H3,(H,14,16). The topological polar surface area (TPSA) is 56.1 Å². The minimum atomic E-state index is -0.499. The molecule has 0 aromatic rings. The molecule has 0 bridgehead atoms. The van der Waals surface area contributed by atoms with Crippen molar-refractivity contribution in [2.45, 2.75) is 33.6 Å². The minimum Gasteiger partial charge on any atom is -0.354 e. The molecule has 0 saturated carbocycles. The monoisotopic (exact) mass is 225 g/mol. The predicted molar refractivity (Wildman–Crippen MR) is 64.8 cm³/mol. The Morgan fingerprint density at radius 2 is 2.06 bits per heavy atom. The Balaban J connectivity index is 3.80. The van der Waals surface area contributed by atoms with E-state index in [0.717, 1.165) is 26.1 Å². The molecule has 0 aromatic heterocycles. The van der Waals surface area contributed by atoms with Crippen molar-refractivity contribution in [3.8, 4) is 6.07 Å². The quantitative estimate of drug-likeness (QED) is 0.679. The smallest absolute Gasteiger partial charge is 0.237 e. The SMILES string of the molecule is CCCN(CC)CCNC(=O)C(C#N)CC. The lowest BCUT2D eigenvalue weighted by atomic mass is 10.1. The van der Waals surface area contributed by atoms with Crippen LogP contribution < -0.4 is 5.32 Å². The number of hydrogen-bond donors (Lipinski definition) is 1. The molecule has 1 amide bonds. The number of likely N-dealkylation sites (N-methyl/N-ethyl adjacent to an activating group) is 1. The van der Waals surface area contributed by atoms with E-state index in [0.29, 0.717) is 13.0 Å². The fourth-order valence-corrected chi connectivity index (χ4v) is 1.54. The fourth-order valence-electron chi connectivity index (χ4n) is 1.54. The first-order valence-corrected chi connectivity index (χ1v) is 6.09. The Morgan fingerprint density at radius 1 is 1.38 bits per heavy atom. The lowest BCUT2D eigenvalue weighted by molar-refractivity contribution is -0.123. The maximum atomic E-state index is 11.5. The van der Waals surface area contributed by atoms with Crippen molar-refractivity contribution < 1.29 is 4.79 Å². The summed E-state index contributed by atoms with van der Waals surface area (Å²) in [7, 11) is 0. The van der Waals surface area contributed by atoms with Crippen LogP contribution in [-0.2, 0) is 4.79 Å². The molecule has 0 heterocycles. The van der Waals surface area contributed by atoms with Crippen LogP contribution in [0.1, 0.15) is 33.6 Å². The van der Waals surface area contributed by atoms with Gasteiger partial charge in [0.25, 0.3) is 0 Å². The summed E-state index contributed by atoms with van der Waals surface area (Å²) in [5.41, 5.74) is 0. The number of hydrogen-bond acceptors (Lipinski definition) is 3. The van der Waals surface area contributed by atoms with Gasteiger partial charge >= 0.3 is 0 Å². The Morgan fingerprint density at radius 3 is 2.50 bits per heavy atom. The molecular weight excluding hydrogens is 202 g/mol. The molecule has 0 spiro atoms. The van der Waals surface area contributed by atoms with Gasteiger partial charge in [0.1, 0.15) is 5.92 Å². The van der Waals surface area contributed by atoms with Crippen molar-refractivity contribution in [2.24, 2.45) is 5.92 Å². The van der Waals surface area contributed by atoms with Gasteiger partial charge in [-0.2, -0.15) is 5.26 Å². The highest BCUT2D eigenvalue weighted by Crippen LogP contribution is 1.99. The van der Waals surface area contributed by atoms with Gasteiger partial charge in [-0.25, -0.2) is 0 Å². The third-order valence-electron chi connectivity index (χ3n) is 2.59. The number of nitrogens with one attached hydrogen (secondary N) is 1. The zero-order valence-corrected chi connectivity index (χ0v) is 10.6. The number of amides is 1. The molecule has 0 saturated heterocycles. The van der Waals surface area contributed by atoms with Crippen LogP contribution in [0.5, 0.6) is 0 Å². The highest BCUT2D eigenvalue weighted by atomic mass is 16.1. The Labute approximate surface area is 98.6 Å². The molecule has 92 valence electrons. The summed E-state index contributed by atoms with van der Waals surface area (Å²) in [6.45, 7) is 9.65. The van der Waals surface area contributed by atoms with Gasteiger partial charge in [0.15, 0.2) is 0 Å². The van der Waals surface area contributed by atoms with Crippen molar-refractivity contribution in [1.29, 1.82) is 5.26 Å². The summed E-state index contributed by atoms with van der Waals surface area (Å²) < 4.78 is 0. The molecule has 0 rings (SSSR count). The molecule has 0 aromatic carbocycles. The average Bonchev–Trinajstić information content (AvgIpc) is 2.29. The van der Waals surface area contributed by atoms with Crippen LogP contribution in [0, 0.1) is 17.2 Å². The maximum absolute atomic E-state index is 11.5. The first-order chi connectivity index (χ1) is 7.69. The van der Waals surface area contributed by atoms with Gasteiger partial charge in [-0.3, -0.25) is 4.79 Å². The maximum Gasteiger partial charge on any atom is 0.237 e. The molecule has 4 heteroatoms. The second-order valence-corrected chi connectivity index (χ2v) is 3.82. The number of rotatable bonds is 8. The molecule has 0 aliphatic carbocycles. The molecule has 16 heavy (non-hydrogen) atoms. The van der Waals surface area contributed by atoms with Gasteiger partial charge in [-0.1, -0.05) is 20.8 Å². The minimum absolute atomic E-state index is 0.141. The van der Waals surface area contributed by atoms with E-state index in [4.69, 9.17) is 5.26 Å². The Hall–Kier alpha value is -1.08. The first-order valence-electron chi connectivity index (χ1n) is 6.09. The molecule has 1 atom stereocenters. The molecule has 4 nitrogen and oxygen atoms in total. The van der Waals surface area contributed by atoms with Crippen LogP contribution in [-0.4, -0.2) is 37.0 Å². The van der Waals surface area contributed by atoms with Crippen LogP contribution in [0.25, 0.3) is 0 Å². The van der Waals surface area contributed by atoms with Crippen LogP contribution in [0.3, 0.4) is 0 Å². The van der Waals surface area contributed by atoms with E-state index in [2.05, 4.69) is 24.1 Å². The Bertz CT molecular complexity index is 235. The van der Waals surface area contributed by atoms with E-state index in [-0.39, 0.29) is 5.91 Å². The van der Waals surface area contributed by atoms with E-state index in [9.17, 15) is 4.79 Å². The van der Waals surface area contributed by atoms with E-state index in [1.807, 2.05) is 13.0 Å². The summed E-state index contributed by atoms with van der Waals surface area (Å²) in [5.74, 6) is -0.640. The van der Waals surface area contributed by atoms with E-state index in [1.165, 1.54) is 0 Å². The number of nitriles is 1. The zero-order valence-electron chi connectivity index (χ0n) is 10.6. The van der Waals surface area contributed by atoms with Crippen LogP contribution >= 0.6 is 0 Å². The second-order valence-electron chi connectivity index (χ2n) is 3.82. The van der Waals surface area contributed by atoms with Crippen molar-refractivity contribution in [3.05, 3.63) is 0 Å². The van der Waals surface area contributed by atoms with E-state index < -0.39 is 5.92 Å². The van der Waals surface area contributed by atoms with Gasteiger partial charge < -0.3 is 10.2 Å². The van der Waals surface area contributed by atoms with Crippen LogP contribution in [0.4, 0.5) is 0 Å². The molecule has 0 aliphatic heterocycles. The van der Waals surface area contributed by atoms with Crippen molar-refractivity contribution in [3.63, 3.8) is 0 Å². The van der Waals surface area contributed by atoms with Gasteiger partial charge in [0, 0.05) is 13.1 Å². The van der Waals surface area contributed by atoms with Gasteiger partial charge in [0.2, 0.25) is 5.91 Å². The number of carbonyl (C=O) groups excluding carboxylic acids is 1. The largest absolute Gasteiger partial charge is 0.354 e. The fraction of sp³-hybridized carbons (Fsp3) is 0.833. The highest BCUT2D eigenvalue weighted by molar-refractivity contribution is 5.80. The highest BCUT2D eigenvalue weighted by Gasteiger charge is 2.14. The summed E-state index contributed by atoms with van der Waals surface area (Å²) in [6, 6.07) is 2.00. The van der Waals surface area contributed by atoms with Gasteiger partial charge in [0.05, 0.1) is 6.07 Å². The van der Waals surface area contributed by atoms with Gasteiger partial charge in [-0.05, 0) is 25.9 Å². The average molecular weight is 225 g/mol. The van der Waals surface area contributed by atoms with E-state index >= 15 is 0 Å². The Kier molecular flexibility index (Phi) is 8.55. The predicted octanol–water partition coefficient (Wildman–Crippen LogP) is 1.38. The summed E-state index contributed by atoms with van der Waals surface area (Å²) in [6.07, 6.45) is 1.70. The first kappa shape index (κ1) is 14.9. The summed E-state index contributed by atoms with van der Waals surface area (Å²) in [4.78, 5) is 13.8. The molecule has 0 aliphatic rings.